The minimum Gasteiger partial charge on any atom is -0.330 e. The average molecular weight is 151 g/mol. The molecule has 1 aliphatic carbocycles. The van der Waals surface area contributed by atoms with Crippen LogP contribution in [0.3, 0.4) is 0 Å². The fourth-order valence-corrected chi connectivity index (χ4v) is 1.10. The van der Waals surface area contributed by atoms with E-state index in [9.17, 15) is 4.79 Å². The monoisotopic (exact) mass is 151 g/mol. The largest absolute Gasteiger partial charge is 0.330 e. The smallest absolute Gasteiger partial charge is 0.220 e. The fourth-order valence-electron chi connectivity index (χ4n) is 1.10. The molecule has 1 aliphatic rings. The second kappa shape index (κ2) is 3.96. The Bertz CT molecular complexity index is 204. The molecule has 11 heavy (non-hydrogen) atoms. The summed E-state index contributed by atoms with van der Waals surface area (Å²) >= 11 is 0. The zero-order chi connectivity index (χ0) is 8.10. The minimum absolute atomic E-state index is 0.0200. The number of carbonyl (C=O) groups excluding carboxylic acids is 1. The molecule has 0 saturated heterocycles. The molecule has 0 aromatic rings. The Hall–Kier alpha value is -1.05. The molecule has 1 rings (SSSR count). The molecular weight excluding hydrogens is 138 g/mol. The highest BCUT2D eigenvalue weighted by molar-refractivity contribution is 5.74. The van der Waals surface area contributed by atoms with Gasteiger partial charge in [0.15, 0.2) is 0 Å². The van der Waals surface area contributed by atoms with Gasteiger partial charge in [-0.1, -0.05) is 12.2 Å². The maximum atomic E-state index is 10.6. The third-order valence-corrected chi connectivity index (χ3v) is 1.59. The van der Waals surface area contributed by atoms with E-state index in [1.54, 1.807) is 0 Å². The number of hydrogen-bond donors (Lipinski definition) is 1. The number of nitrogens with one attached hydrogen (secondary N) is 1. The molecule has 0 fully saturated rings. The van der Waals surface area contributed by atoms with Crippen molar-refractivity contribution in [2.45, 2.75) is 26.2 Å². The highest BCUT2D eigenvalue weighted by Crippen LogP contribution is 2.09. The van der Waals surface area contributed by atoms with E-state index in [1.165, 1.54) is 6.92 Å². The maximum absolute atomic E-state index is 10.6. The molecular formula is C9H13NO. The van der Waals surface area contributed by atoms with E-state index >= 15 is 0 Å². The third-order valence-electron chi connectivity index (χ3n) is 1.59. The van der Waals surface area contributed by atoms with Crippen LogP contribution in [0.2, 0.25) is 0 Å². The molecule has 2 heteroatoms. The second-order valence-corrected chi connectivity index (χ2v) is 2.69. The molecule has 0 atom stereocenters. The summed E-state index contributed by atoms with van der Waals surface area (Å²) in [6.45, 7) is 1.54. The Kier molecular flexibility index (Phi) is 2.90. The second-order valence-electron chi connectivity index (χ2n) is 2.69. The Labute approximate surface area is 67.0 Å². The van der Waals surface area contributed by atoms with Crippen LogP contribution in [0, 0.1) is 0 Å². The summed E-state index contributed by atoms with van der Waals surface area (Å²) in [5.74, 6) is 0.0200. The van der Waals surface area contributed by atoms with E-state index in [4.69, 9.17) is 0 Å². The van der Waals surface area contributed by atoms with E-state index in [-0.39, 0.29) is 5.91 Å². The molecule has 0 aromatic carbocycles. The predicted octanol–water partition coefficient (Wildman–Crippen LogP) is 1.75. The van der Waals surface area contributed by atoms with Gasteiger partial charge in [-0.2, -0.15) is 0 Å². The van der Waals surface area contributed by atoms with Gasteiger partial charge in [0.25, 0.3) is 0 Å². The fraction of sp³-hybridized carbons (Fsp3) is 0.444. The van der Waals surface area contributed by atoms with Crippen LogP contribution in [0.1, 0.15) is 26.2 Å². The van der Waals surface area contributed by atoms with Crippen molar-refractivity contribution in [2.24, 2.45) is 0 Å². The number of amides is 1. The number of carbonyl (C=O) groups is 1. The lowest BCUT2D eigenvalue weighted by Gasteiger charge is -2.03. The lowest BCUT2D eigenvalue weighted by atomic mass is 10.2. The van der Waals surface area contributed by atoms with Gasteiger partial charge in [-0.15, -0.1) is 0 Å². The van der Waals surface area contributed by atoms with Crippen LogP contribution < -0.4 is 5.32 Å². The SMILES string of the molecule is CC(=O)NC1=CC=CCCC1. The zero-order valence-corrected chi connectivity index (χ0v) is 6.76. The molecule has 0 saturated carbocycles. The lowest BCUT2D eigenvalue weighted by molar-refractivity contribution is -0.118. The summed E-state index contributed by atoms with van der Waals surface area (Å²) in [6.07, 6.45) is 9.30. The van der Waals surface area contributed by atoms with Crippen molar-refractivity contribution in [3.63, 3.8) is 0 Å². The molecule has 1 N–H and O–H groups in total. The molecule has 0 aromatic heterocycles. The van der Waals surface area contributed by atoms with Crippen LogP contribution >= 0.6 is 0 Å². The molecule has 1 amide bonds. The molecule has 0 spiro atoms. The molecule has 0 bridgehead atoms. The normalized spacial score (nSPS) is 17.0. The number of allylic oxidation sites excluding steroid dienone is 4. The topological polar surface area (TPSA) is 29.1 Å². The van der Waals surface area contributed by atoms with Gasteiger partial charge in [-0.25, -0.2) is 0 Å². The molecule has 0 radical (unpaired) electrons. The van der Waals surface area contributed by atoms with E-state index in [0.717, 1.165) is 25.0 Å². The van der Waals surface area contributed by atoms with Crippen molar-refractivity contribution < 1.29 is 4.79 Å². The number of hydrogen-bond acceptors (Lipinski definition) is 1. The first-order valence-corrected chi connectivity index (χ1v) is 3.92. The van der Waals surface area contributed by atoms with Gasteiger partial charge in [0.2, 0.25) is 5.91 Å². The molecule has 2 nitrogen and oxygen atoms in total. The third kappa shape index (κ3) is 3.03. The van der Waals surface area contributed by atoms with Gasteiger partial charge in [-0.05, 0) is 25.3 Å². The van der Waals surface area contributed by atoms with Crippen molar-refractivity contribution in [2.75, 3.05) is 0 Å². The molecule has 0 unspecified atom stereocenters. The highest BCUT2D eigenvalue weighted by atomic mass is 16.1. The lowest BCUT2D eigenvalue weighted by Crippen LogP contribution is -2.18. The van der Waals surface area contributed by atoms with Gasteiger partial charge in [0.1, 0.15) is 0 Å². The summed E-state index contributed by atoms with van der Waals surface area (Å²) in [7, 11) is 0. The van der Waals surface area contributed by atoms with Gasteiger partial charge >= 0.3 is 0 Å². The van der Waals surface area contributed by atoms with E-state index < -0.39 is 0 Å². The first-order valence-electron chi connectivity index (χ1n) is 3.92. The molecule has 0 heterocycles. The Morgan fingerprint density at radius 1 is 1.64 bits per heavy atom. The Morgan fingerprint density at radius 3 is 3.18 bits per heavy atom. The first-order chi connectivity index (χ1) is 5.29. The van der Waals surface area contributed by atoms with E-state index in [1.807, 2.05) is 12.2 Å². The standard InChI is InChI=1S/C9H13NO/c1-8(11)10-9-6-4-2-3-5-7-9/h2,4,6H,3,5,7H2,1H3,(H,10,11). The van der Waals surface area contributed by atoms with Gasteiger partial charge in [0.05, 0.1) is 0 Å². The van der Waals surface area contributed by atoms with Crippen molar-refractivity contribution in [1.29, 1.82) is 0 Å². The van der Waals surface area contributed by atoms with Crippen LogP contribution in [-0.2, 0) is 4.79 Å². The van der Waals surface area contributed by atoms with Crippen LogP contribution in [0.4, 0.5) is 0 Å². The Balaban J connectivity index is 2.49. The van der Waals surface area contributed by atoms with Crippen LogP contribution in [-0.4, -0.2) is 5.91 Å². The summed E-state index contributed by atoms with van der Waals surface area (Å²) in [4.78, 5) is 10.6. The van der Waals surface area contributed by atoms with Gasteiger partial charge in [-0.3, -0.25) is 4.79 Å². The van der Waals surface area contributed by atoms with Gasteiger partial charge in [0, 0.05) is 12.6 Å². The van der Waals surface area contributed by atoms with Crippen LogP contribution in [0.25, 0.3) is 0 Å². The van der Waals surface area contributed by atoms with Crippen molar-refractivity contribution in [1.82, 2.24) is 5.32 Å². The van der Waals surface area contributed by atoms with E-state index in [0.29, 0.717) is 0 Å². The minimum atomic E-state index is 0.0200. The summed E-state index contributed by atoms with van der Waals surface area (Å²) < 4.78 is 0. The van der Waals surface area contributed by atoms with E-state index in [2.05, 4.69) is 11.4 Å². The average Bonchev–Trinajstić information content (AvgIpc) is 2.14. The highest BCUT2D eigenvalue weighted by Gasteiger charge is 1.99. The first kappa shape index (κ1) is 8.05. The van der Waals surface area contributed by atoms with Crippen molar-refractivity contribution in [3.05, 3.63) is 23.9 Å². The summed E-state index contributed by atoms with van der Waals surface area (Å²) in [5.41, 5.74) is 1.03. The van der Waals surface area contributed by atoms with Crippen LogP contribution in [0.5, 0.6) is 0 Å². The van der Waals surface area contributed by atoms with Crippen molar-refractivity contribution >= 4 is 5.91 Å². The summed E-state index contributed by atoms with van der Waals surface area (Å²) in [6, 6.07) is 0. The molecule has 0 aliphatic heterocycles. The van der Waals surface area contributed by atoms with Gasteiger partial charge < -0.3 is 5.32 Å². The number of rotatable bonds is 1. The Morgan fingerprint density at radius 2 is 2.45 bits per heavy atom. The quantitative estimate of drug-likeness (QED) is 0.607. The maximum Gasteiger partial charge on any atom is 0.220 e. The van der Waals surface area contributed by atoms with Crippen molar-refractivity contribution in [3.8, 4) is 0 Å². The molecule has 60 valence electrons. The predicted molar refractivity (Wildman–Crippen MR) is 44.9 cm³/mol. The summed E-state index contributed by atoms with van der Waals surface area (Å²) in [5, 5.41) is 2.79. The van der Waals surface area contributed by atoms with Crippen LogP contribution in [0.15, 0.2) is 23.9 Å². The zero-order valence-electron chi connectivity index (χ0n) is 6.76.